The first-order chi connectivity index (χ1) is 19.2. The van der Waals surface area contributed by atoms with E-state index in [1.807, 2.05) is 0 Å². The molecule has 0 fully saturated rings. The summed E-state index contributed by atoms with van der Waals surface area (Å²) in [7, 11) is 0. The first-order valence-electron chi connectivity index (χ1n) is 11.5. The molecule has 0 saturated heterocycles. The van der Waals surface area contributed by atoms with E-state index in [9.17, 15) is 24.5 Å². The highest BCUT2D eigenvalue weighted by Gasteiger charge is 2.14. The van der Waals surface area contributed by atoms with Gasteiger partial charge in [0.15, 0.2) is 0 Å². The minimum atomic E-state index is -0.724. The standard InChI is InChI=1S/C28H18Cl2N4O6/c29-20-10-13-23(24(30)15-20)27(36)32-21-6-3-5-18(14-21)26(35)33-31-16-19-4-1-2-7-25(19)40-28(37)17-8-11-22(12-9-17)34(38)39/h1-16H,(H,32,36)(H,33,35). The van der Waals surface area contributed by atoms with E-state index >= 15 is 0 Å². The largest absolute Gasteiger partial charge is 0.422 e. The SMILES string of the molecule is O=C(NN=Cc1ccccc1OC(=O)c1ccc([N+](=O)[O-])cc1)c1cccc(NC(=O)c2ccc(Cl)cc2Cl)c1. The fourth-order valence-electron chi connectivity index (χ4n) is 3.39. The van der Waals surface area contributed by atoms with Crippen LogP contribution in [0.5, 0.6) is 5.75 Å². The zero-order valence-electron chi connectivity index (χ0n) is 20.3. The number of nitrogens with zero attached hydrogens (tertiary/aromatic N) is 2. The van der Waals surface area contributed by atoms with Gasteiger partial charge in [-0.1, -0.05) is 41.4 Å². The molecule has 4 rings (SSSR count). The number of halogens is 2. The van der Waals surface area contributed by atoms with Gasteiger partial charge in [0.1, 0.15) is 5.75 Å². The Hall–Kier alpha value is -5.06. The molecule has 2 amide bonds. The predicted octanol–water partition coefficient (Wildman–Crippen LogP) is 6.14. The molecule has 0 aliphatic carbocycles. The molecule has 0 bridgehead atoms. The van der Waals surface area contributed by atoms with Crippen molar-refractivity contribution in [3.63, 3.8) is 0 Å². The zero-order chi connectivity index (χ0) is 28.6. The summed E-state index contributed by atoms with van der Waals surface area (Å²) >= 11 is 12.0. The van der Waals surface area contributed by atoms with Gasteiger partial charge in [-0.15, -0.1) is 0 Å². The number of hydrogen-bond donors (Lipinski definition) is 2. The number of nitro groups is 1. The molecular formula is C28H18Cl2N4O6. The fourth-order valence-corrected chi connectivity index (χ4v) is 3.89. The Morgan fingerprint density at radius 2 is 1.60 bits per heavy atom. The van der Waals surface area contributed by atoms with Gasteiger partial charge in [-0.2, -0.15) is 5.10 Å². The van der Waals surface area contributed by atoms with Crippen LogP contribution in [0.3, 0.4) is 0 Å². The molecule has 0 spiro atoms. The molecule has 0 atom stereocenters. The molecule has 0 unspecified atom stereocenters. The molecule has 0 aliphatic heterocycles. The van der Waals surface area contributed by atoms with Crippen molar-refractivity contribution in [2.75, 3.05) is 5.32 Å². The summed E-state index contributed by atoms with van der Waals surface area (Å²) in [5.41, 5.74) is 3.53. The number of hydrazone groups is 1. The molecule has 0 saturated carbocycles. The van der Waals surface area contributed by atoms with Crippen molar-refractivity contribution in [1.82, 2.24) is 5.43 Å². The zero-order valence-corrected chi connectivity index (χ0v) is 21.8. The van der Waals surface area contributed by atoms with Crippen LogP contribution >= 0.6 is 23.2 Å². The summed E-state index contributed by atoms with van der Waals surface area (Å²) in [4.78, 5) is 48.0. The number of amides is 2. The van der Waals surface area contributed by atoms with E-state index in [-0.39, 0.29) is 33.1 Å². The van der Waals surface area contributed by atoms with Crippen LogP contribution in [-0.2, 0) is 0 Å². The summed E-state index contributed by atoms with van der Waals surface area (Å²) < 4.78 is 5.41. The first kappa shape index (κ1) is 28.0. The number of esters is 1. The van der Waals surface area contributed by atoms with Gasteiger partial charge >= 0.3 is 5.97 Å². The van der Waals surface area contributed by atoms with Gasteiger partial charge in [0.05, 0.1) is 27.3 Å². The molecule has 200 valence electrons. The van der Waals surface area contributed by atoms with Gasteiger partial charge < -0.3 is 10.1 Å². The van der Waals surface area contributed by atoms with Crippen LogP contribution in [0.1, 0.15) is 36.6 Å². The third-order valence-electron chi connectivity index (χ3n) is 5.36. The van der Waals surface area contributed by atoms with E-state index < -0.39 is 22.7 Å². The maximum atomic E-state index is 12.7. The van der Waals surface area contributed by atoms with Gasteiger partial charge in [0.2, 0.25) is 0 Å². The van der Waals surface area contributed by atoms with E-state index in [1.54, 1.807) is 36.4 Å². The van der Waals surface area contributed by atoms with Gasteiger partial charge in [-0.25, -0.2) is 10.2 Å². The third kappa shape index (κ3) is 7.07. The molecule has 0 heterocycles. The van der Waals surface area contributed by atoms with E-state index in [0.717, 1.165) is 0 Å². The molecule has 10 nitrogen and oxygen atoms in total. The average molecular weight is 577 g/mol. The van der Waals surface area contributed by atoms with E-state index in [1.165, 1.54) is 60.8 Å². The maximum Gasteiger partial charge on any atom is 0.343 e. The van der Waals surface area contributed by atoms with E-state index in [0.29, 0.717) is 16.3 Å². The van der Waals surface area contributed by atoms with Crippen LogP contribution in [0.4, 0.5) is 11.4 Å². The maximum absolute atomic E-state index is 12.7. The van der Waals surface area contributed by atoms with E-state index in [4.69, 9.17) is 27.9 Å². The Kier molecular flexibility index (Phi) is 8.85. The number of carbonyl (C=O) groups excluding carboxylic acids is 3. The second-order valence-corrected chi connectivity index (χ2v) is 8.93. The van der Waals surface area contributed by atoms with Gasteiger partial charge in [0, 0.05) is 34.0 Å². The highest BCUT2D eigenvalue weighted by atomic mass is 35.5. The second-order valence-electron chi connectivity index (χ2n) is 8.09. The number of ether oxygens (including phenoxy) is 1. The lowest BCUT2D eigenvalue weighted by Gasteiger charge is -2.09. The van der Waals surface area contributed by atoms with Gasteiger partial charge in [0.25, 0.3) is 17.5 Å². The van der Waals surface area contributed by atoms with Crippen LogP contribution in [0.2, 0.25) is 10.0 Å². The molecule has 40 heavy (non-hydrogen) atoms. The summed E-state index contributed by atoms with van der Waals surface area (Å²) in [5.74, 6) is -1.60. The minimum absolute atomic E-state index is 0.121. The molecular weight excluding hydrogens is 559 g/mol. The molecule has 0 aromatic heterocycles. The van der Waals surface area contributed by atoms with Gasteiger partial charge in [-0.05, 0) is 60.7 Å². The van der Waals surface area contributed by atoms with Crippen LogP contribution < -0.4 is 15.5 Å². The van der Waals surface area contributed by atoms with Crippen molar-refractivity contribution < 1.29 is 24.0 Å². The minimum Gasteiger partial charge on any atom is -0.422 e. The van der Waals surface area contributed by atoms with Crippen molar-refractivity contribution in [2.45, 2.75) is 0 Å². The number of para-hydroxylation sites is 1. The predicted molar refractivity (Wildman–Crippen MR) is 150 cm³/mol. The number of rotatable bonds is 8. The summed E-state index contributed by atoms with van der Waals surface area (Å²) in [5, 5.41) is 18.0. The van der Waals surface area contributed by atoms with Crippen molar-refractivity contribution in [3.8, 4) is 5.75 Å². The number of non-ortho nitro benzene ring substituents is 1. The second kappa shape index (κ2) is 12.7. The first-order valence-corrected chi connectivity index (χ1v) is 12.2. The van der Waals surface area contributed by atoms with Crippen molar-refractivity contribution >= 4 is 58.6 Å². The normalized spacial score (nSPS) is 10.7. The average Bonchev–Trinajstić information content (AvgIpc) is 2.94. The fraction of sp³-hybridized carbons (Fsp3) is 0. The van der Waals surface area contributed by atoms with Crippen LogP contribution in [0, 0.1) is 10.1 Å². The monoisotopic (exact) mass is 576 g/mol. The lowest BCUT2D eigenvalue weighted by molar-refractivity contribution is -0.384. The Labute approximate surface area is 237 Å². The number of nitro benzene ring substituents is 1. The lowest BCUT2D eigenvalue weighted by Crippen LogP contribution is -2.18. The number of carbonyl (C=O) groups is 3. The molecule has 4 aromatic rings. The summed E-state index contributed by atoms with van der Waals surface area (Å²) in [6, 6.07) is 22.1. The quantitative estimate of drug-likeness (QED) is 0.0848. The Morgan fingerprint density at radius 3 is 2.33 bits per heavy atom. The Balaban J connectivity index is 1.40. The van der Waals surface area contributed by atoms with E-state index in [2.05, 4.69) is 15.8 Å². The molecule has 2 N–H and O–H groups in total. The lowest BCUT2D eigenvalue weighted by atomic mass is 10.1. The summed E-state index contributed by atoms with van der Waals surface area (Å²) in [6.45, 7) is 0. The highest BCUT2D eigenvalue weighted by Crippen LogP contribution is 2.23. The van der Waals surface area contributed by atoms with Crippen molar-refractivity contribution in [1.29, 1.82) is 0 Å². The number of benzene rings is 4. The molecule has 4 aromatic carbocycles. The highest BCUT2D eigenvalue weighted by molar-refractivity contribution is 6.37. The number of nitrogens with one attached hydrogen (secondary N) is 2. The van der Waals surface area contributed by atoms with Crippen LogP contribution in [0.25, 0.3) is 0 Å². The van der Waals surface area contributed by atoms with Crippen molar-refractivity contribution in [2.24, 2.45) is 5.10 Å². The number of hydrogen-bond acceptors (Lipinski definition) is 7. The summed E-state index contributed by atoms with van der Waals surface area (Å²) in [6.07, 6.45) is 1.30. The Morgan fingerprint density at radius 1 is 0.850 bits per heavy atom. The molecule has 0 aliphatic rings. The molecule has 12 heteroatoms. The van der Waals surface area contributed by atoms with Crippen LogP contribution in [-0.4, -0.2) is 28.9 Å². The third-order valence-corrected chi connectivity index (χ3v) is 5.91. The van der Waals surface area contributed by atoms with Gasteiger partial charge in [-0.3, -0.25) is 19.7 Å². The topological polar surface area (TPSA) is 140 Å². The molecule has 0 radical (unpaired) electrons. The Bertz CT molecular complexity index is 1640. The smallest absolute Gasteiger partial charge is 0.343 e. The van der Waals surface area contributed by atoms with Crippen LogP contribution in [0.15, 0.2) is 96.1 Å². The van der Waals surface area contributed by atoms with Crippen molar-refractivity contribution in [3.05, 3.63) is 133 Å². The number of anilines is 1.